The number of benzene rings is 3. The van der Waals surface area contributed by atoms with Crippen LogP contribution in [-0.4, -0.2) is 22.2 Å². The molecule has 0 atom stereocenters. The average molecular weight is 466 g/mol. The molecule has 1 aliphatic heterocycles. The van der Waals surface area contributed by atoms with Crippen molar-refractivity contribution < 1.29 is 24.2 Å². The molecule has 0 aliphatic carbocycles. The van der Waals surface area contributed by atoms with E-state index in [1.807, 2.05) is 6.07 Å². The molecule has 3 aromatic rings. The number of carboxylic acid groups (broad SMARTS) is 1. The van der Waals surface area contributed by atoms with Crippen molar-refractivity contribution in [1.82, 2.24) is 0 Å². The van der Waals surface area contributed by atoms with Gasteiger partial charge in [-0.3, -0.25) is 9.59 Å². The molecule has 3 aromatic carbocycles. The highest BCUT2D eigenvalue weighted by atomic mass is 35.5. The van der Waals surface area contributed by atoms with Crippen LogP contribution >= 0.6 is 23.4 Å². The molecular formula is C24H16ClNO5S. The Bertz CT molecular complexity index is 1240. The van der Waals surface area contributed by atoms with Gasteiger partial charge in [0.05, 0.1) is 21.2 Å². The van der Waals surface area contributed by atoms with E-state index in [2.05, 4.69) is 0 Å². The lowest BCUT2D eigenvalue weighted by molar-refractivity contribution is -0.113. The second kappa shape index (κ2) is 9.30. The van der Waals surface area contributed by atoms with Gasteiger partial charge < -0.3 is 9.84 Å². The van der Waals surface area contributed by atoms with Crippen molar-refractivity contribution in [1.29, 1.82) is 0 Å². The Morgan fingerprint density at radius 3 is 2.53 bits per heavy atom. The van der Waals surface area contributed by atoms with Gasteiger partial charge in [-0.2, -0.15) is 0 Å². The molecule has 2 amide bonds. The summed E-state index contributed by atoms with van der Waals surface area (Å²) in [5, 5.41) is 9.06. The number of carboxylic acids is 1. The SMILES string of the molecule is O=C(O)c1cccc(COc2ccc(/C=C3/SC(=O)N(c4ccccc4)C3=O)cc2Cl)c1. The number of anilines is 1. The lowest BCUT2D eigenvalue weighted by Crippen LogP contribution is -2.27. The van der Waals surface area contributed by atoms with E-state index in [1.54, 1.807) is 60.7 Å². The van der Waals surface area contributed by atoms with Crippen LogP contribution in [0.3, 0.4) is 0 Å². The Labute approximate surface area is 193 Å². The number of hydrogen-bond acceptors (Lipinski definition) is 5. The smallest absolute Gasteiger partial charge is 0.335 e. The molecule has 1 aliphatic rings. The summed E-state index contributed by atoms with van der Waals surface area (Å²) in [6.45, 7) is 0.149. The number of carbonyl (C=O) groups is 3. The highest BCUT2D eigenvalue weighted by Crippen LogP contribution is 2.36. The van der Waals surface area contributed by atoms with Crippen LogP contribution in [-0.2, 0) is 11.4 Å². The number of rotatable bonds is 6. The number of amides is 2. The number of imide groups is 1. The Kier molecular flexibility index (Phi) is 6.30. The molecule has 0 bridgehead atoms. The Hall–Kier alpha value is -3.55. The van der Waals surface area contributed by atoms with Crippen LogP contribution in [0.2, 0.25) is 5.02 Å². The minimum absolute atomic E-state index is 0.149. The van der Waals surface area contributed by atoms with E-state index in [-0.39, 0.29) is 23.3 Å². The fourth-order valence-electron chi connectivity index (χ4n) is 3.10. The molecule has 0 spiro atoms. The molecule has 6 nitrogen and oxygen atoms in total. The van der Waals surface area contributed by atoms with Crippen LogP contribution in [0.4, 0.5) is 10.5 Å². The predicted molar refractivity (Wildman–Crippen MR) is 124 cm³/mol. The van der Waals surface area contributed by atoms with Crippen LogP contribution in [0.1, 0.15) is 21.5 Å². The highest BCUT2D eigenvalue weighted by molar-refractivity contribution is 8.19. The summed E-state index contributed by atoms with van der Waals surface area (Å²) < 4.78 is 5.72. The van der Waals surface area contributed by atoms with Crippen molar-refractivity contribution in [3.05, 3.63) is 99.4 Å². The molecule has 0 aromatic heterocycles. The zero-order valence-electron chi connectivity index (χ0n) is 16.5. The van der Waals surface area contributed by atoms with Gasteiger partial charge in [-0.1, -0.05) is 48.0 Å². The number of aromatic carboxylic acids is 1. The standard InChI is InChI=1S/C24H16ClNO5S/c25-19-12-15(9-10-20(19)31-14-16-5-4-6-17(11-16)23(28)29)13-21-22(27)26(24(30)32-21)18-7-2-1-3-8-18/h1-13H,14H2,(H,28,29)/b21-13+. The zero-order chi connectivity index (χ0) is 22.7. The first-order valence-corrected chi connectivity index (χ1v) is 10.7. The van der Waals surface area contributed by atoms with Crippen LogP contribution in [0.5, 0.6) is 5.75 Å². The minimum Gasteiger partial charge on any atom is -0.487 e. The summed E-state index contributed by atoms with van der Waals surface area (Å²) >= 11 is 7.20. The third kappa shape index (κ3) is 4.69. The average Bonchev–Trinajstić information content (AvgIpc) is 3.06. The van der Waals surface area contributed by atoms with Gasteiger partial charge >= 0.3 is 5.97 Å². The van der Waals surface area contributed by atoms with Crippen molar-refractivity contribution in [3.8, 4) is 5.75 Å². The molecule has 160 valence electrons. The second-order valence-electron chi connectivity index (χ2n) is 6.84. The lowest BCUT2D eigenvalue weighted by Gasteiger charge is -2.11. The molecule has 0 unspecified atom stereocenters. The van der Waals surface area contributed by atoms with Crippen LogP contribution in [0, 0.1) is 0 Å². The Morgan fingerprint density at radius 1 is 1.03 bits per heavy atom. The summed E-state index contributed by atoms with van der Waals surface area (Å²) in [5.41, 5.74) is 2.04. The quantitative estimate of drug-likeness (QED) is 0.459. The van der Waals surface area contributed by atoms with E-state index in [0.29, 0.717) is 32.5 Å². The predicted octanol–water partition coefficient (Wildman–Crippen LogP) is 5.86. The Morgan fingerprint density at radius 2 is 1.81 bits per heavy atom. The van der Waals surface area contributed by atoms with Gasteiger partial charge in [0.2, 0.25) is 0 Å². The monoisotopic (exact) mass is 465 g/mol. The summed E-state index contributed by atoms with van der Waals surface area (Å²) in [7, 11) is 0. The third-order valence-corrected chi connectivity index (χ3v) is 5.80. The number of carbonyl (C=O) groups excluding carboxylic acids is 2. The molecule has 8 heteroatoms. The molecular weight excluding hydrogens is 450 g/mol. The van der Waals surface area contributed by atoms with Gasteiger partial charge in [0.1, 0.15) is 12.4 Å². The maximum Gasteiger partial charge on any atom is 0.335 e. The molecule has 4 rings (SSSR count). The number of halogens is 1. The zero-order valence-corrected chi connectivity index (χ0v) is 18.1. The number of hydrogen-bond donors (Lipinski definition) is 1. The first-order valence-electron chi connectivity index (χ1n) is 9.50. The van der Waals surface area contributed by atoms with Gasteiger partial charge in [0.15, 0.2) is 0 Å². The van der Waals surface area contributed by atoms with Crippen LogP contribution in [0.25, 0.3) is 6.08 Å². The maximum absolute atomic E-state index is 12.7. The molecule has 32 heavy (non-hydrogen) atoms. The van der Waals surface area contributed by atoms with E-state index in [9.17, 15) is 14.4 Å². The summed E-state index contributed by atoms with van der Waals surface area (Å²) in [6.07, 6.45) is 1.61. The summed E-state index contributed by atoms with van der Waals surface area (Å²) in [6, 6.07) is 20.2. The van der Waals surface area contributed by atoms with Crippen molar-refractivity contribution in [3.63, 3.8) is 0 Å². The van der Waals surface area contributed by atoms with Gasteiger partial charge in [0, 0.05) is 0 Å². The Balaban J connectivity index is 1.48. The fraction of sp³-hybridized carbons (Fsp3) is 0.0417. The van der Waals surface area contributed by atoms with Crippen molar-refractivity contribution in [2.45, 2.75) is 6.61 Å². The van der Waals surface area contributed by atoms with Gasteiger partial charge in [0.25, 0.3) is 11.1 Å². The maximum atomic E-state index is 12.7. The number of thioether (sulfide) groups is 1. The topological polar surface area (TPSA) is 83.9 Å². The molecule has 0 radical (unpaired) electrons. The molecule has 1 N–H and O–H groups in total. The third-order valence-electron chi connectivity index (χ3n) is 4.63. The minimum atomic E-state index is -1.01. The van der Waals surface area contributed by atoms with Gasteiger partial charge in [-0.25, -0.2) is 9.69 Å². The van der Waals surface area contributed by atoms with Gasteiger partial charge in [-0.05, 0) is 65.4 Å². The lowest BCUT2D eigenvalue weighted by atomic mass is 10.1. The van der Waals surface area contributed by atoms with Crippen LogP contribution in [0.15, 0.2) is 77.7 Å². The fourth-order valence-corrected chi connectivity index (χ4v) is 4.18. The first-order chi connectivity index (χ1) is 15.4. The molecule has 1 fully saturated rings. The van der Waals surface area contributed by atoms with E-state index in [4.69, 9.17) is 21.4 Å². The van der Waals surface area contributed by atoms with Crippen LogP contribution < -0.4 is 9.64 Å². The summed E-state index contributed by atoms with van der Waals surface area (Å²) in [4.78, 5) is 37.6. The number of nitrogens with zero attached hydrogens (tertiary/aromatic N) is 1. The van der Waals surface area contributed by atoms with E-state index < -0.39 is 5.97 Å². The van der Waals surface area contributed by atoms with Crippen molar-refractivity contribution in [2.75, 3.05) is 4.90 Å². The highest BCUT2D eigenvalue weighted by Gasteiger charge is 2.36. The molecule has 1 heterocycles. The van der Waals surface area contributed by atoms with Gasteiger partial charge in [-0.15, -0.1) is 0 Å². The summed E-state index contributed by atoms with van der Waals surface area (Å²) in [5.74, 6) is -0.978. The number of ether oxygens (including phenoxy) is 1. The number of para-hydroxylation sites is 1. The largest absolute Gasteiger partial charge is 0.487 e. The normalized spacial score (nSPS) is 14.8. The van der Waals surface area contributed by atoms with Crippen molar-refractivity contribution in [2.24, 2.45) is 0 Å². The first kappa shape index (κ1) is 21.7. The van der Waals surface area contributed by atoms with E-state index >= 15 is 0 Å². The van der Waals surface area contributed by atoms with E-state index in [0.717, 1.165) is 16.7 Å². The second-order valence-corrected chi connectivity index (χ2v) is 8.24. The molecule has 1 saturated heterocycles. The van der Waals surface area contributed by atoms with E-state index in [1.165, 1.54) is 12.1 Å². The molecule has 0 saturated carbocycles. The van der Waals surface area contributed by atoms with Crippen molar-refractivity contribution >= 4 is 52.2 Å².